The van der Waals surface area contributed by atoms with Crippen molar-refractivity contribution in [2.45, 2.75) is 6.42 Å². The third-order valence-corrected chi connectivity index (χ3v) is 3.96. The first kappa shape index (κ1) is 16.0. The van der Waals surface area contributed by atoms with Gasteiger partial charge >= 0.3 is 0 Å². The Hall–Kier alpha value is -1.91. The first-order valence-corrected chi connectivity index (χ1v) is 8.01. The van der Waals surface area contributed by atoms with E-state index < -0.39 is 0 Å². The Labute approximate surface area is 144 Å². The van der Waals surface area contributed by atoms with E-state index in [9.17, 15) is 4.79 Å². The first-order chi connectivity index (χ1) is 11.1. The van der Waals surface area contributed by atoms with Crippen LogP contribution in [-0.4, -0.2) is 25.7 Å². The molecule has 1 aliphatic heterocycles. The Kier molecular flexibility index (Phi) is 4.94. The van der Waals surface area contributed by atoms with Crippen LogP contribution < -0.4 is 14.8 Å². The van der Waals surface area contributed by atoms with E-state index >= 15 is 0 Å². The fraction of sp³-hybridized carbons (Fsp3) is 0.235. The van der Waals surface area contributed by atoms with Crippen LogP contribution in [0.25, 0.3) is 0 Å². The molecular weight excluding hydrogens is 337 g/mol. The molecule has 0 radical (unpaired) electrons. The second-order valence-electron chi connectivity index (χ2n) is 5.12. The van der Waals surface area contributed by atoms with Gasteiger partial charge in [-0.05, 0) is 42.3 Å². The van der Waals surface area contributed by atoms with E-state index in [1.807, 2.05) is 12.1 Å². The number of rotatable bonds is 4. The van der Waals surface area contributed by atoms with Crippen LogP contribution in [0.5, 0.6) is 11.5 Å². The number of carbonyl (C=O) groups is 1. The molecule has 0 aliphatic carbocycles. The largest absolute Gasteiger partial charge is 0.486 e. The van der Waals surface area contributed by atoms with Gasteiger partial charge in [0.15, 0.2) is 11.5 Å². The van der Waals surface area contributed by atoms with Crippen LogP contribution in [0, 0.1) is 0 Å². The number of halogens is 2. The van der Waals surface area contributed by atoms with Crippen molar-refractivity contribution in [1.82, 2.24) is 5.32 Å². The number of nitrogens with one attached hydrogen (secondary N) is 1. The SMILES string of the molecule is O=C(NCCc1cc(Cl)c2c(c1)OCCO2)c1cccc(Cl)c1. The summed E-state index contributed by atoms with van der Waals surface area (Å²) in [6.45, 7) is 1.50. The van der Waals surface area contributed by atoms with Crippen LogP contribution in [0.3, 0.4) is 0 Å². The molecule has 2 aromatic rings. The van der Waals surface area contributed by atoms with Crippen molar-refractivity contribution in [2.24, 2.45) is 0 Å². The lowest BCUT2D eigenvalue weighted by Gasteiger charge is -2.20. The first-order valence-electron chi connectivity index (χ1n) is 7.25. The summed E-state index contributed by atoms with van der Waals surface area (Å²) in [7, 11) is 0. The molecule has 0 spiro atoms. The summed E-state index contributed by atoms with van der Waals surface area (Å²) < 4.78 is 11.0. The lowest BCUT2D eigenvalue weighted by molar-refractivity contribution is 0.0954. The van der Waals surface area contributed by atoms with Gasteiger partial charge in [-0.25, -0.2) is 0 Å². The van der Waals surface area contributed by atoms with Gasteiger partial charge in [0.25, 0.3) is 5.91 Å². The Morgan fingerprint density at radius 2 is 1.96 bits per heavy atom. The average Bonchev–Trinajstić information content (AvgIpc) is 2.55. The van der Waals surface area contributed by atoms with Crippen molar-refractivity contribution in [2.75, 3.05) is 19.8 Å². The van der Waals surface area contributed by atoms with Crippen LogP contribution in [-0.2, 0) is 6.42 Å². The van der Waals surface area contributed by atoms with Gasteiger partial charge < -0.3 is 14.8 Å². The number of ether oxygens (including phenoxy) is 2. The van der Waals surface area contributed by atoms with Crippen LogP contribution in [0.4, 0.5) is 0 Å². The fourth-order valence-electron chi connectivity index (χ4n) is 2.36. The lowest BCUT2D eigenvalue weighted by atomic mass is 10.1. The van der Waals surface area contributed by atoms with Gasteiger partial charge in [-0.15, -0.1) is 0 Å². The molecule has 0 saturated carbocycles. The number of hydrogen-bond donors (Lipinski definition) is 1. The van der Waals surface area contributed by atoms with Crippen LogP contribution in [0.2, 0.25) is 10.0 Å². The molecule has 2 aromatic carbocycles. The van der Waals surface area contributed by atoms with Crippen LogP contribution in [0.15, 0.2) is 36.4 Å². The fourth-order valence-corrected chi connectivity index (χ4v) is 2.84. The van der Waals surface area contributed by atoms with Crippen molar-refractivity contribution in [3.63, 3.8) is 0 Å². The lowest BCUT2D eigenvalue weighted by Crippen LogP contribution is -2.25. The molecule has 120 valence electrons. The molecule has 0 bridgehead atoms. The van der Waals surface area contributed by atoms with E-state index in [1.165, 1.54) is 0 Å². The summed E-state index contributed by atoms with van der Waals surface area (Å²) >= 11 is 12.1. The minimum absolute atomic E-state index is 0.156. The Balaban J connectivity index is 1.60. The number of benzene rings is 2. The quantitative estimate of drug-likeness (QED) is 0.912. The van der Waals surface area contributed by atoms with Gasteiger partial charge in [0.2, 0.25) is 0 Å². The molecule has 0 atom stereocenters. The van der Waals surface area contributed by atoms with Gasteiger partial charge in [0.05, 0.1) is 5.02 Å². The molecule has 0 aromatic heterocycles. The Morgan fingerprint density at radius 3 is 2.78 bits per heavy atom. The molecule has 1 heterocycles. The molecule has 0 saturated heterocycles. The average molecular weight is 352 g/mol. The van der Waals surface area contributed by atoms with E-state index in [0.29, 0.717) is 53.3 Å². The summed E-state index contributed by atoms with van der Waals surface area (Å²) in [6.07, 6.45) is 0.642. The molecule has 6 heteroatoms. The highest BCUT2D eigenvalue weighted by Gasteiger charge is 2.16. The van der Waals surface area contributed by atoms with Gasteiger partial charge in [-0.1, -0.05) is 29.3 Å². The highest BCUT2D eigenvalue weighted by molar-refractivity contribution is 6.32. The minimum Gasteiger partial charge on any atom is -0.486 e. The van der Waals surface area contributed by atoms with Crippen molar-refractivity contribution in [1.29, 1.82) is 0 Å². The topological polar surface area (TPSA) is 47.6 Å². The number of amides is 1. The van der Waals surface area contributed by atoms with Crippen molar-refractivity contribution < 1.29 is 14.3 Å². The third-order valence-electron chi connectivity index (χ3n) is 3.44. The van der Waals surface area contributed by atoms with Crippen molar-refractivity contribution in [3.05, 3.63) is 57.6 Å². The maximum atomic E-state index is 12.0. The Bertz CT molecular complexity index is 734. The molecule has 23 heavy (non-hydrogen) atoms. The molecule has 1 aliphatic rings. The zero-order valence-corrected chi connectivity index (χ0v) is 13.8. The normalized spacial score (nSPS) is 12.8. The number of carbonyl (C=O) groups excluding carboxylic acids is 1. The minimum atomic E-state index is -0.156. The van der Waals surface area contributed by atoms with Crippen molar-refractivity contribution in [3.8, 4) is 11.5 Å². The monoisotopic (exact) mass is 351 g/mol. The second-order valence-corrected chi connectivity index (χ2v) is 5.96. The Morgan fingerprint density at radius 1 is 1.13 bits per heavy atom. The predicted octanol–water partition coefficient (Wildman–Crippen LogP) is 3.74. The third kappa shape index (κ3) is 3.89. The van der Waals surface area contributed by atoms with Gasteiger partial charge in [0, 0.05) is 17.1 Å². The van der Waals surface area contributed by atoms with E-state index in [2.05, 4.69) is 5.32 Å². The standard InChI is InChI=1S/C17H15Cl2NO3/c18-13-3-1-2-12(10-13)17(21)20-5-4-11-8-14(19)16-15(9-11)22-6-7-23-16/h1-3,8-10H,4-7H2,(H,20,21). The zero-order chi connectivity index (χ0) is 16.2. The maximum absolute atomic E-state index is 12.0. The maximum Gasteiger partial charge on any atom is 0.251 e. The summed E-state index contributed by atoms with van der Waals surface area (Å²) in [5.74, 6) is 1.08. The van der Waals surface area contributed by atoms with Gasteiger partial charge in [-0.3, -0.25) is 4.79 Å². The number of hydrogen-bond acceptors (Lipinski definition) is 3. The predicted molar refractivity (Wildman–Crippen MR) is 89.9 cm³/mol. The molecule has 1 N–H and O–H groups in total. The highest BCUT2D eigenvalue weighted by atomic mass is 35.5. The molecule has 0 unspecified atom stereocenters. The summed E-state index contributed by atoms with van der Waals surface area (Å²) in [6, 6.07) is 10.6. The van der Waals surface area contributed by atoms with E-state index in [4.69, 9.17) is 32.7 Å². The molecule has 4 nitrogen and oxygen atoms in total. The molecular formula is C17H15Cl2NO3. The highest BCUT2D eigenvalue weighted by Crippen LogP contribution is 2.38. The zero-order valence-electron chi connectivity index (χ0n) is 12.3. The molecule has 1 amide bonds. The second kappa shape index (κ2) is 7.11. The van der Waals surface area contributed by atoms with Gasteiger partial charge in [0.1, 0.15) is 13.2 Å². The van der Waals surface area contributed by atoms with E-state index in [-0.39, 0.29) is 5.91 Å². The molecule has 3 rings (SSSR count). The van der Waals surface area contributed by atoms with Crippen LogP contribution >= 0.6 is 23.2 Å². The number of fused-ring (bicyclic) bond motifs is 1. The summed E-state index contributed by atoms with van der Waals surface area (Å²) in [5, 5.41) is 3.93. The summed E-state index contributed by atoms with van der Waals surface area (Å²) in [5.41, 5.74) is 1.52. The molecule has 0 fully saturated rings. The summed E-state index contributed by atoms with van der Waals surface area (Å²) in [4.78, 5) is 12.0. The van der Waals surface area contributed by atoms with Crippen LogP contribution in [0.1, 0.15) is 15.9 Å². The smallest absolute Gasteiger partial charge is 0.251 e. The van der Waals surface area contributed by atoms with E-state index in [1.54, 1.807) is 24.3 Å². The van der Waals surface area contributed by atoms with E-state index in [0.717, 1.165) is 5.56 Å². The van der Waals surface area contributed by atoms with Gasteiger partial charge in [-0.2, -0.15) is 0 Å². The van der Waals surface area contributed by atoms with Crippen molar-refractivity contribution >= 4 is 29.1 Å².